The van der Waals surface area contributed by atoms with Gasteiger partial charge in [0.05, 0.1) is 0 Å². The van der Waals surface area contributed by atoms with Gasteiger partial charge < -0.3 is 0 Å². The van der Waals surface area contributed by atoms with E-state index >= 15 is 0 Å². The van der Waals surface area contributed by atoms with Crippen LogP contribution in [-0.2, 0) is 6.16 Å². The van der Waals surface area contributed by atoms with Crippen LogP contribution in [0.15, 0.2) is 30.3 Å². The van der Waals surface area contributed by atoms with Crippen LogP contribution >= 0.6 is 32.7 Å². The molecule has 0 aliphatic rings. The van der Waals surface area contributed by atoms with Crippen LogP contribution in [0.1, 0.15) is 12.5 Å². The SMILES string of the molecule is CCP(C)Cc1ccccc1.Cl.Cl. The van der Waals surface area contributed by atoms with Crippen LogP contribution in [0.25, 0.3) is 0 Å². The Morgan fingerprint density at radius 3 is 2.08 bits per heavy atom. The molecule has 0 spiro atoms. The monoisotopic (exact) mass is 238 g/mol. The first-order valence-corrected chi connectivity index (χ1v) is 6.21. The average Bonchev–Trinajstić information content (AvgIpc) is 2.06. The van der Waals surface area contributed by atoms with Gasteiger partial charge in [-0.2, -0.15) is 0 Å². The first kappa shape index (κ1) is 15.7. The molecular weight excluding hydrogens is 222 g/mol. The van der Waals surface area contributed by atoms with E-state index in [1.807, 2.05) is 0 Å². The summed E-state index contributed by atoms with van der Waals surface area (Å²) in [5, 5.41) is 0. The molecule has 0 heterocycles. The standard InChI is InChI=1S/C10H15P.2ClH/c1-3-11(2)9-10-7-5-4-6-8-10;;/h4-8H,3,9H2,1-2H3;2*1H. The molecule has 1 rings (SSSR count). The summed E-state index contributed by atoms with van der Waals surface area (Å²) in [7, 11) is 0.245. The third kappa shape index (κ3) is 6.32. The highest BCUT2D eigenvalue weighted by Gasteiger charge is 1.97. The molecule has 0 bridgehead atoms. The normalized spacial score (nSPS) is 10.9. The first-order valence-electron chi connectivity index (χ1n) is 4.05. The summed E-state index contributed by atoms with van der Waals surface area (Å²) in [6, 6.07) is 10.7. The molecule has 1 unspecified atom stereocenters. The molecule has 0 aliphatic carbocycles. The van der Waals surface area contributed by atoms with Gasteiger partial charge in [-0.15, -0.1) is 32.7 Å². The van der Waals surface area contributed by atoms with Crippen LogP contribution in [0.4, 0.5) is 0 Å². The lowest BCUT2D eigenvalue weighted by atomic mass is 10.2. The molecule has 1 aromatic carbocycles. The highest BCUT2D eigenvalue weighted by atomic mass is 35.5. The van der Waals surface area contributed by atoms with Crippen molar-refractivity contribution < 1.29 is 0 Å². The van der Waals surface area contributed by atoms with Crippen molar-refractivity contribution in [2.24, 2.45) is 0 Å². The topological polar surface area (TPSA) is 0 Å². The maximum absolute atomic E-state index is 2.36. The Balaban J connectivity index is 0. The van der Waals surface area contributed by atoms with Crippen molar-refractivity contribution in [1.82, 2.24) is 0 Å². The molecule has 0 N–H and O–H groups in total. The van der Waals surface area contributed by atoms with Crippen molar-refractivity contribution in [2.45, 2.75) is 13.1 Å². The minimum Gasteiger partial charge on any atom is -0.147 e. The Bertz CT molecular complexity index is 201. The van der Waals surface area contributed by atoms with E-state index in [4.69, 9.17) is 0 Å². The lowest BCUT2D eigenvalue weighted by Gasteiger charge is -2.07. The van der Waals surface area contributed by atoms with E-state index < -0.39 is 0 Å². The number of hydrogen-bond donors (Lipinski definition) is 0. The molecule has 0 aromatic heterocycles. The lowest BCUT2D eigenvalue weighted by Crippen LogP contribution is -1.83. The second kappa shape index (κ2) is 8.81. The number of hydrogen-bond acceptors (Lipinski definition) is 0. The zero-order valence-corrected chi connectivity index (χ0v) is 10.6. The van der Waals surface area contributed by atoms with Crippen LogP contribution < -0.4 is 0 Å². The minimum atomic E-state index is 0. The Hall–Kier alpha value is 0.230. The van der Waals surface area contributed by atoms with Gasteiger partial charge in [-0.25, -0.2) is 0 Å². The first-order chi connectivity index (χ1) is 5.33. The van der Waals surface area contributed by atoms with Crippen molar-refractivity contribution in [3.05, 3.63) is 35.9 Å². The number of benzene rings is 1. The summed E-state index contributed by atoms with van der Waals surface area (Å²) in [5.41, 5.74) is 1.49. The van der Waals surface area contributed by atoms with E-state index in [9.17, 15) is 0 Å². The average molecular weight is 239 g/mol. The van der Waals surface area contributed by atoms with Crippen molar-refractivity contribution in [3.63, 3.8) is 0 Å². The number of rotatable bonds is 3. The zero-order chi connectivity index (χ0) is 8.10. The van der Waals surface area contributed by atoms with E-state index in [2.05, 4.69) is 43.9 Å². The van der Waals surface area contributed by atoms with Crippen LogP contribution in [0.5, 0.6) is 0 Å². The highest BCUT2D eigenvalue weighted by Crippen LogP contribution is 2.33. The van der Waals surface area contributed by atoms with Gasteiger partial charge >= 0.3 is 0 Å². The van der Waals surface area contributed by atoms with E-state index in [0.29, 0.717) is 0 Å². The molecule has 3 heteroatoms. The lowest BCUT2D eigenvalue weighted by molar-refractivity contribution is 1.36. The summed E-state index contributed by atoms with van der Waals surface area (Å²) < 4.78 is 0. The molecule has 0 nitrogen and oxygen atoms in total. The van der Waals surface area contributed by atoms with Gasteiger partial charge in [0.1, 0.15) is 0 Å². The molecule has 0 amide bonds. The Morgan fingerprint density at radius 1 is 1.08 bits per heavy atom. The Morgan fingerprint density at radius 2 is 1.62 bits per heavy atom. The van der Waals surface area contributed by atoms with Gasteiger partial charge in [-0.1, -0.05) is 37.3 Å². The molecule has 0 aliphatic heterocycles. The van der Waals surface area contributed by atoms with E-state index in [0.717, 1.165) is 0 Å². The summed E-state index contributed by atoms with van der Waals surface area (Å²) in [4.78, 5) is 0. The Kier molecular flexibility index (Phi) is 10.6. The smallest absolute Gasteiger partial charge is 0.00757 e. The quantitative estimate of drug-likeness (QED) is 0.694. The summed E-state index contributed by atoms with van der Waals surface area (Å²) >= 11 is 0. The van der Waals surface area contributed by atoms with Crippen molar-refractivity contribution in [3.8, 4) is 0 Å². The van der Waals surface area contributed by atoms with Crippen LogP contribution in [0.3, 0.4) is 0 Å². The molecular formula is C10H17Cl2P. The third-order valence-corrected chi connectivity index (χ3v) is 3.82. The van der Waals surface area contributed by atoms with Gasteiger partial charge in [0.25, 0.3) is 0 Å². The third-order valence-electron chi connectivity index (χ3n) is 1.84. The maximum atomic E-state index is 2.36. The summed E-state index contributed by atoms with van der Waals surface area (Å²) in [5.74, 6) is 0. The molecule has 0 radical (unpaired) electrons. The number of halogens is 2. The summed E-state index contributed by atoms with van der Waals surface area (Å²) in [6.07, 6.45) is 2.62. The van der Waals surface area contributed by atoms with Gasteiger partial charge in [-0.05, 0) is 24.6 Å². The van der Waals surface area contributed by atoms with E-state index in [1.165, 1.54) is 17.9 Å². The molecule has 13 heavy (non-hydrogen) atoms. The molecule has 0 saturated heterocycles. The Labute approximate surface area is 94.7 Å². The second-order valence-corrected chi connectivity index (χ2v) is 5.48. The van der Waals surface area contributed by atoms with Crippen molar-refractivity contribution in [2.75, 3.05) is 12.8 Å². The fourth-order valence-corrected chi connectivity index (χ4v) is 2.06. The second-order valence-electron chi connectivity index (χ2n) is 2.82. The van der Waals surface area contributed by atoms with Crippen LogP contribution in [0.2, 0.25) is 0 Å². The van der Waals surface area contributed by atoms with Crippen molar-refractivity contribution >= 4 is 32.7 Å². The van der Waals surface area contributed by atoms with Gasteiger partial charge in [0, 0.05) is 0 Å². The zero-order valence-electron chi connectivity index (χ0n) is 8.06. The van der Waals surface area contributed by atoms with E-state index in [-0.39, 0.29) is 32.7 Å². The predicted octanol–water partition coefficient (Wildman–Crippen LogP) is 4.16. The largest absolute Gasteiger partial charge is 0.147 e. The minimum absolute atomic E-state index is 0. The maximum Gasteiger partial charge on any atom is -0.00757 e. The molecule has 76 valence electrons. The molecule has 1 atom stereocenters. The molecule has 0 fully saturated rings. The van der Waals surface area contributed by atoms with Crippen LogP contribution in [-0.4, -0.2) is 12.8 Å². The highest BCUT2D eigenvalue weighted by molar-refractivity contribution is 7.55. The van der Waals surface area contributed by atoms with E-state index in [1.54, 1.807) is 0 Å². The van der Waals surface area contributed by atoms with Gasteiger partial charge in [0.15, 0.2) is 0 Å². The van der Waals surface area contributed by atoms with Gasteiger partial charge in [-0.3, -0.25) is 0 Å². The van der Waals surface area contributed by atoms with Crippen molar-refractivity contribution in [1.29, 1.82) is 0 Å². The summed E-state index contributed by atoms with van der Waals surface area (Å²) in [6.45, 7) is 4.64. The van der Waals surface area contributed by atoms with Crippen LogP contribution in [0, 0.1) is 0 Å². The fourth-order valence-electron chi connectivity index (χ4n) is 1.01. The molecule has 0 saturated carbocycles. The molecule has 1 aromatic rings. The predicted molar refractivity (Wildman–Crippen MR) is 68.0 cm³/mol. The fraction of sp³-hybridized carbons (Fsp3) is 0.400. The van der Waals surface area contributed by atoms with Gasteiger partial charge in [0.2, 0.25) is 0 Å².